The van der Waals surface area contributed by atoms with Gasteiger partial charge in [0.2, 0.25) is 0 Å². The van der Waals surface area contributed by atoms with Gasteiger partial charge in [0, 0.05) is 73.6 Å². The van der Waals surface area contributed by atoms with Gasteiger partial charge in [-0.3, -0.25) is 14.7 Å². The van der Waals surface area contributed by atoms with Crippen molar-refractivity contribution in [3.05, 3.63) is 54.5 Å². The molecule has 1 aliphatic carbocycles. The molecule has 2 aliphatic rings. The van der Waals surface area contributed by atoms with Gasteiger partial charge in [-0.05, 0) is 62.4 Å². The number of carbonyl (C=O) groups excluding carboxylic acids is 1. The van der Waals surface area contributed by atoms with Gasteiger partial charge in [0.15, 0.2) is 0 Å². The standard InChI is InChI=1S/C26H31N5O/c1-30-11-13-31(14-12-30)24-8-6-19(7-9-24)26(32)17-23-16-22-15-20(4-5-21(22)18-27-23)25-3-2-10-28-29-25/h2-5,10,15-16,18-19,24H,6-9,11-14,17H2,1H3. The Balaban J connectivity index is 1.22. The normalized spacial score (nSPS) is 22.8. The van der Waals surface area contributed by atoms with Crippen LogP contribution in [0.3, 0.4) is 0 Å². The van der Waals surface area contributed by atoms with E-state index in [9.17, 15) is 4.79 Å². The topological polar surface area (TPSA) is 62.2 Å². The number of nitrogens with zero attached hydrogens (tertiary/aromatic N) is 5. The number of piperazine rings is 1. The summed E-state index contributed by atoms with van der Waals surface area (Å²) in [6.45, 7) is 4.64. The van der Waals surface area contributed by atoms with Crippen molar-refractivity contribution in [2.75, 3.05) is 33.2 Å². The van der Waals surface area contributed by atoms with Gasteiger partial charge in [0.25, 0.3) is 0 Å². The molecule has 1 saturated carbocycles. The first kappa shape index (κ1) is 21.2. The average Bonchev–Trinajstić information content (AvgIpc) is 2.85. The second-order valence-electron chi connectivity index (χ2n) is 9.33. The summed E-state index contributed by atoms with van der Waals surface area (Å²) in [5.41, 5.74) is 2.73. The Bertz CT molecular complexity index is 1070. The lowest BCUT2D eigenvalue weighted by molar-refractivity contribution is -0.123. The molecule has 0 atom stereocenters. The van der Waals surface area contributed by atoms with Crippen molar-refractivity contribution in [1.82, 2.24) is 25.0 Å². The predicted octanol–water partition coefficient (Wildman–Crippen LogP) is 3.61. The van der Waals surface area contributed by atoms with E-state index in [0.717, 1.165) is 79.6 Å². The van der Waals surface area contributed by atoms with Crippen LogP contribution >= 0.6 is 0 Å². The minimum atomic E-state index is 0.183. The minimum Gasteiger partial charge on any atom is -0.304 e. The number of ketones is 1. The van der Waals surface area contributed by atoms with E-state index >= 15 is 0 Å². The van der Waals surface area contributed by atoms with E-state index in [1.54, 1.807) is 6.20 Å². The molecule has 1 aromatic carbocycles. The number of rotatable bonds is 5. The molecule has 1 saturated heterocycles. The molecule has 166 valence electrons. The molecule has 0 bridgehead atoms. The van der Waals surface area contributed by atoms with E-state index in [2.05, 4.69) is 50.2 Å². The Hall–Kier alpha value is -2.70. The highest BCUT2D eigenvalue weighted by Crippen LogP contribution is 2.30. The number of carbonyl (C=O) groups is 1. The van der Waals surface area contributed by atoms with Gasteiger partial charge in [-0.2, -0.15) is 10.2 Å². The minimum absolute atomic E-state index is 0.183. The lowest BCUT2D eigenvalue weighted by atomic mass is 9.81. The third-order valence-electron chi connectivity index (χ3n) is 7.21. The maximum absolute atomic E-state index is 13.0. The molecule has 0 radical (unpaired) electrons. The van der Waals surface area contributed by atoms with Crippen molar-refractivity contribution >= 4 is 16.6 Å². The van der Waals surface area contributed by atoms with E-state index in [4.69, 9.17) is 0 Å². The molecule has 32 heavy (non-hydrogen) atoms. The van der Waals surface area contributed by atoms with Crippen LogP contribution in [-0.2, 0) is 11.2 Å². The second kappa shape index (κ2) is 9.43. The molecule has 0 spiro atoms. The van der Waals surface area contributed by atoms with Crippen LogP contribution in [-0.4, -0.2) is 70.0 Å². The largest absolute Gasteiger partial charge is 0.304 e. The lowest BCUT2D eigenvalue weighted by Gasteiger charge is -2.40. The molecule has 1 aliphatic heterocycles. The Morgan fingerprint density at radius 1 is 1.00 bits per heavy atom. The molecule has 2 fully saturated rings. The maximum atomic E-state index is 13.0. The quantitative estimate of drug-likeness (QED) is 0.617. The molecule has 2 aromatic heterocycles. The molecule has 3 heterocycles. The van der Waals surface area contributed by atoms with Crippen LogP contribution in [0.2, 0.25) is 0 Å². The first-order chi connectivity index (χ1) is 15.7. The van der Waals surface area contributed by atoms with Gasteiger partial charge in [-0.1, -0.05) is 12.1 Å². The van der Waals surface area contributed by atoms with E-state index in [-0.39, 0.29) is 5.92 Å². The third-order valence-corrected chi connectivity index (χ3v) is 7.21. The molecule has 0 unspecified atom stereocenters. The fraction of sp³-hybridized carbons (Fsp3) is 0.462. The summed E-state index contributed by atoms with van der Waals surface area (Å²) in [6, 6.07) is 12.8. The predicted molar refractivity (Wildman–Crippen MR) is 126 cm³/mol. The first-order valence-electron chi connectivity index (χ1n) is 11.8. The van der Waals surface area contributed by atoms with E-state index in [1.165, 1.54) is 0 Å². The average molecular weight is 430 g/mol. The SMILES string of the molecule is CN1CCN(C2CCC(C(=O)Cc3cc4cc(-c5cccnn5)ccc4cn3)CC2)CC1. The summed E-state index contributed by atoms with van der Waals surface area (Å²) < 4.78 is 0. The zero-order valence-electron chi connectivity index (χ0n) is 18.8. The van der Waals surface area contributed by atoms with Crippen LogP contribution in [0.4, 0.5) is 0 Å². The third kappa shape index (κ3) is 4.71. The van der Waals surface area contributed by atoms with Crippen molar-refractivity contribution in [1.29, 1.82) is 0 Å². The number of aromatic nitrogens is 3. The number of fused-ring (bicyclic) bond motifs is 1. The lowest BCUT2D eigenvalue weighted by Crippen LogP contribution is -2.50. The fourth-order valence-electron chi connectivity index (χ4n) is 5.17. The van der Waals surface area contributed by atoms with E-state index < -0.39 is 0 Å². The highest BCUT2D eigenvalue weighted by atomic mass is 16.1. The van der Waals surface area contributed by atoms with E-state index in [0.29, 0.717) is 18.2 Å². The molecular weight excluding hydrogens is 398 g/mol. The smallest absolute Gasteiger partial charge is 0.141 e. The summed E-state index contributed by atoms with van der Waals surface area (Å²) in [5, 5.41) is 10.3. The maximum Gasteiger partial charge on any atom is 0.141 e. The summed E-state index contributed by atoms with van der Waals surface area (Å²) in [5.74, 6) is 0.529. The molecule has 6 heteroatoms. The Labute approximate surface area is 189 Å². The van der Waals surface area contributed by atoms with Gasteiger partial charge in [0.1, 0.15) is 5.78 Å². The molecule has 6 nitrogen and oxygen atoms in total. The van der Waals surface area contributed by atoms with Crippen molar-refractivity contribution in [2.24, 2.45) is 5.92 Å². The fourth-order valence-corrected chi connectivity index (χ4v) is 5.17. The van der Waals surface area contributed by atoms with Gasteiger partial charge in [0.05, 0.1) is 5.69 Å². The number of hydrogen-bond acceptors (Lipinski definition) is 6. The first-order valence-corrected chi connectivity index (χ1v) is 11.8. The van der Waals surface area contributed by atoms with Crippen LogP contribution in [0.1, 0.15) is 31.4 Å². The van der Waals surface area contributed by atoms with E-state index in [1.807, 2.05) is 24.4 Å². The highest BCUT2D eigenvalue weighted by molar-refractivity contribution is 5.88. The summed E-state index contributed by atoms with van der Waals surface area (Å²) in [4.78, 5) is 22.7. The summed E-state index contributed by atoms with van der Waals surface area (Å²) in [6.07, 6.45) is 8.30. The van der Waals surface area contributed by atoms with Gasteiger partial charge < -0.3 is 4.90 Å². The number of hydrogen-bond donors (Lipinski definition) is 0. The number of pyridine rings is 1. The highest BCUT2D eigenvalue weighted by Gasteiger charge is 2.30. The van der Waals surface area contributed by atoms with Crippen molar-refractivity contribution < 1.29 is 4.79 Å². The zero-order chi connectivity index (χ0) is 21.9. The Morgan fingerprint density at radius 3 is 2.56 bits per heavy atom. The summed E-state index contributed by atoms with van der Waals surface area (Å²) in [7, 11) is 2.20. The number of likely N-dealkylation sites (N-methyl/N-ethyl adjacent to an activating group) is 1. The molecule has 0 amide bonds. The van der Waals surface area contributed by atoms with Gasteiger partial charge in [-0.15, -0.1) is 0 Å². The monoisotopic (exact) mass is 429 g/mol. The number of Topliss-reactive ketones (excluding diaryl/α,β-unsaturated/α-hetero) is 1. The van der Waals surface area contributed by atoms with Gasteiger partial charge >= 0.3 is 0 Å². The molecule has 5 rings (SSSR count). The molecular formula is C26H31N5O. The molecule has 3 aromatic rings. The van der Waals surface area contributed by atoms with Crippen molar-refractivity contribution in [2.45, 2.75) is 38.1 Å². The van der Waals surface area contributed by atoms with Gasteiger partial charge in [-0.25, -0.2) is 0 Å². The van der Waals surface area contributed by atoms with Crippen LogP contribution in [0.25, 0.3) is 22.0 Å². The molecule has 0 N–H and O–H groups in total. The summed E-state index contributed by atoms with van der Waals surface area (Å²) >= 11 is 0. The zero-order valence-corrected chi connectivity index (χ0v) is 18.8. The second-order valence-corrected chi connectivity index (χ2v) is 9.33. The van der Waals surface area contributed by atoms with Crippen LogP contribution in [0, 0.1) is 5.92 Å². The number of benzene rings is 1. The van der Waals surface area contributed by atoms with Crippen molar-refractivity contribution in [3.63, 3.8) is 0 Å². The Morgan fingerprint density at radius 2 is 1.81 bits per heavy atom. The Kier molecular flexibility index (Phi) is 6.23. The van der Waals surface area contributed by atoms with Crippen LogP contribution < -0.4 is 0 Å². The van der Waals surface area contributed by atoms with Crippen molar-refractivity contribution in [3.8, 4) is 11.3 Å². The van der Waals surface area contributed by atoms with Crippen LogP contribution in [0.15, 0.2) is 48.8 Å². The van der Waals surface area contributed by atoms with Crippen LogP contribution in [0.5, 0.6) is 0 Å².